The van der Waals surface area contributed by atoms with Gasteiger partial charge in [0.1, 0.15) is 0 Å². The smallest absolute Gasteiger partial charge is 0.0403 e. The lowest BCUT2D eigenvalue weighted by atomic mass is 9.87. The van der Waals surface area contributed by atoms with E-state index in [1.54, 1.807) is 0 Å². The topological polar surface area (TPSA) is 32.5 Å². The number of nitrogens with two attached hydrogens (primary N) is 1. The van der Waals surface area contributed by atoms with E-state index in [0.29, 0.717) is 6.04 Å². The fraction of sp³-hybridized carbons (Fsp3) is 0.647. The number of nitrogens with zero attached hydrogens (tertiary/aromatic N) is 2. The van der Waals surface area contributed by atoms with E-state index in [9.17, 15) is 0 Å². The summed E-state index contributed by atoms with van der Waals surface area (Å²) in [6.45, 7) is 8.22. The van der Waals surface area contributed by atoms with Crippen LogP contribution in [0.2, 0.25) is 0 Å². The van der Waals surface area contributed by atoms with Crippen LogP contribution in [0.15, 0.2) is 18.2 Å². The summed E-state index contributed by atoms with van der Waals surface area (Å²) in [6, 6.07) is 7.17. The first kappa shape index (κ1) is 13.9. The minimum atomic E-state index is 0.352. The van der Waals surface area contributed by atoms with E-state index in [1.165, 1.54) is 42.9 Å². The van der Waals surface area contributed by atoms with Gasteiger partial charge in [0.25, 0.3) is 0 Å². The molecule has 3 rings (SSSR count). The lowest BCUT2D eigenvalue weighted by Crippen LogP contribution is -2.47. The van der Waals surface area contributed by atoms with Crippen molar-refractivity contribution < 1.29 is 0 Å². The summed E-state index contributed by atoms with van der Waals surface area (Å²) in [5.41, 5.74) is 10.7. The average Bonchev–Trinajstić information content (AvgIpc) is 2.48. The summed E-state index contributed by atoms with van der Waals surface area (Å²) in [7, 11) is 0. The third-order valence-corrected chi connectivity index (χ3v) is 4.75. The number of hydrogen-bond acceptors (Lipinski definition) is 3. The van der Waals surface area contributed by atoms with Crippen LogP contribution in [-0.4, -0.2) is 43.7 Å². The highest BCUT2D eigenvalue weighted by Crippen LogP contribution is 2.30. The molecule has 1 saturated heterocycles. The summed E-state index contributed by atoms with van der Waals surface area (Å²) in [5.74, 6) is 0. The van der Waals surface area contributed by atoms with Crippen molar-refractivity contribution in [3.63, 3.8) is 0 Å². The molecular formula is C17H27N3. The molecule has 0 aromatic heterocycles. The molecule has 0 amide bonds. The quantitative estimate of drug-likeness (QED) is 0.914. The van der Waals surface area contributed by atoms with E-state index >= 15 is 0 Å². The Morgan fingerprint density at radius 1 is 1.20 bits per heavy atom. The Balaban J connectivity index is 1.75. The second-order valence-corrected chi connectivity index (χ2v) is 6.25. The van der Waals surface area contributed by atoms with E-state index < -0.39 is 0 Å². The zero-order chi connectivity index (χ0) is 13.9. The first-order valence-electron chi connectivity index (χ1n) is 8.11. The van der Waals surface area contributed by atoms with Gasteiger partial charge in [0, 0.05) is 37.9 Å². The molecule has 2 N–H and O–H groups in total. The maximum absolute atomic E-state index is 6.18. The SMILES string of the molecule is CCCN1CCN(c2cccc3c2C[C@H](N)CC3)CC1. The van der Waals surface area contributed by atoms with Crippen LogP contribution in [0, 0.1) is 0 Å². The Kier molecular flexibility index (Phi) is 4.27. The van der Waals surface area contributed by atoms with Crippen molar-refractivity contribution in [1.82, 2.24) is 4.90 Å². The van der Waals surface area contributed by atoms with E-state index in [2.05, 4.69) is 34.9 Å². The van der Waals surface area contributed by atoms with E-state index in [4.69, 9.17) is 5.73 Å². The van der Waals surface area contributed by atoms with Crippen LogP contribution < -0.4 is 10.6 Å². The van der Waals surface area contributed by atoms with Crippen molar-refractivity contribution >= 4 is 5.69 Å². The van der Waals surface area contributed by atoms with Crippen LogP contribution in [0.3, 0.4) is 0 Å². The van der Waals surface area contributed by atoms with Gasteiger partial charge in [-0.15, -0.1) is 0 Å². The predicted molar refractivity (Wildman–Crippen MR) is 85.4 cm³/mol. The summed E-state index contributed by atoms with van der Waals surface area (Å²) in [6.07, 6.45) is 4.61. The van der Waals surface area contributed by atoms with Gasteiger partial charge < -0.3 is 10.6 Å². The van der Waals surface area contributed by atoms with Crippen molar-refractivity contribution in [2.24, 2.45) is 5.73 Å². The van der Waals surface area contributed by atoms with Gasteiger partial charge in [-0.25, -0.2) is 0 Å². The number of anilines is 1. The van der Waals surface area contributed by atoms with E-state index in [1.807, 2.05) is 0 Å². The lowest BCUT2D eigenvalue weighted by molar-refractivity contribution is 0.258. The van der Waals surface area contributed by atoms with Crippen molar-refractivity contribution in [2.75, 3.05) is 37.6 Å². The van der Waals surface area contributed by atoms with Crippen molar-refractivity contribution in [3.05, 3.63) is 29.3 Å². The van der Waals surface area contributed by atoms with Crippen LogP contribution >= 0.6 is 0 Å². The second kappa shape index (κ2) is 6.15. The van der Waals surface area contributed by atoms with Crippen LogP contribution in [0.4, 0.5) is 5.69 Å². The third-order valence-electron chi connectivity index (χ3n) is 4.75. The van der Waals surface area contributed by atoms with Gasteiger partial charge in [0.15, 0.2) is 0 Å². The molecule has 0 spiro atoms. The maximum Gasteiger partial charge on any atom is 0.0403 e. The number of piperazine rings is 1. The number of aryl methyl sites for hydroxylation is 1. The maximum atomic E-state index is 6.18. The highest BCUT2D eigenvalue weighted by molar-refractivity contribution is 5.58. The molecule has 1 heterocycles. The number of rotatable bonds is 3. The monoisotopic (exact) mass is 273 g/mol. The van der Waals surface area contributed by atoms with Gasteiger partial charge >= 0.3 is 0 Å². The Morgan fingerprint density at radius 2 is 2.00 bits per heavy atom. The Bertz CT molecular complexity index is 450. The number of hydrogen-bond donors (Lipinski definition) is 1. The number of benzene rings is 1. The fourth-order valence-corrected chi connectivity index (χ4v) is 3.62. The zero-order valence-corrected chi connectivity index (χ0v) is 12.6. The summed E-state index contributed by atoms with van der Waals surface area (Å²) >= 11 is 0. The van der Waals surface area contributed by atoms with Gasteiger partial charge in [0.05, 0.1) is 0 Å². The van der Waals surface area contributed by atoms with Crippen LogP contribution in [0.5, 0.6) is 0 Å². The summed E-state index contributed by atoms with van der Waals surface area (Å²) in [4.78, 5) is 5.15. The molecule has 110 valence electrons. The van der Waals surface area contributed by atoms with Crippen LogP contribution in [-0.2, 0) is 12.8 Å². The molecule has 3 nitrogen and oxygen atoms in total. The molecule has 1 fully saturated rings. The highest BCUT2D eigenvalue weighted by Gasteiger charge is 2.23. The van der Waals surface area contributed by atoms with Gasteiger partial charge in [-0.3, -0.25) is 4.90 Å². The lowest BCUT2D eigenvalue weighted by Gasteiger charge is -2.38. The van der Waals surface area contributed by atoms with E-state index in [-0.39, 0.29) is 0 Å². The first-order chi connectivity index (χ1) is 9.78. The standard InChI is InChI=1S/C17H27N3/c1-2-8-19-9-11-20(12-10-19)17-5-3-4-14-6-7-15(18)13-16(14)17/h3-5,15H,2,6-13,18H2,1H3/t15-/m1/s1. The van der Waals surface area contributed by atoms with Gasteiger partial charge in [-0.2, -0.15) is 0 Å². The van der Waals surface area contributed by atoms with Gasteiger partial charge in [-0.05, 0) is 49.4 Å². The molecule has 1 aromatic carbocycles. The van der Waals surface area contributed by atoms with Crippen molar-refractivity contribution in [1.29, 1.82) is 0 Å². The minimum Gasteiger partial charge on any atom is -0.369 e. The third kappa shape index (κ3) is 2.84. The van der Waals surface area contributed by atoms with Crippen molar-refractivity contribution in [3.8, 4) is 0 Å². The number of fused-ring (bicyclic) bond motifs is 1. The molecule has 0 radical (unpaired) electrons. The van der Waals surface area contributed by atoms with Gasteiger partial charge in [0.2, 0.25) is 0 Å². The highest BCUT2D eigenvalue weighted by atomic mass is 15.3. The molecule has 0 unspecified atom stereocenters. The largest absolute Gasteiger partial charge is 0.369 e. The molecule has 0 saturated carbocycles. The summed E-state index contributed by atoms with van der Waals surface area (Å²) in [5, 5.41) is 0. The van der Waals surface area contributed by atoms with Gasteiger partial charge in [-0.1, -0.05) is 19.1 Å². The molecule has 1 aliphatic carbocycles. The first-order valence-corrected chi connectivity index (χ1v) is 8.11. The fourth-order valence-electron chi connectivity index (χ4n) is 3.62. The molecule has 1 aliphatic heterocycles. The van der Waals surface area contributed by atoms with Crippen LogP contribution in [0.1, 0.15) is 30.9 Å². The molecular weight excluding hydrogens is 246 g/mol. The molecule has 1 atom stereocenters. The Morgan fingerprint density at radius 3 is 2.75 bits per heavy atom. The Labute approximate surface area is 122 Å². The normalized spacial score (nSPS) is 23.7. The Hall–Kier alpha value is -1.06. The van der Waals surface area contributed by atoms with Crippen molar-refractivity contribution in [2.45, 2.75) is 38.6 Å². The summed E-state index contributed by atoms with van der Waals surface area (Å²) < 4.78 is 0. The average molecular weight is 273 g/mol. The molecule has 3 heteroatoms. The molecule has 20 heavy (non-hydrogen) atoms. The predicted octanol–water partition coefficient (Wildman–Crippen LogP) is 2.03. The molecule has 0 bridgehead atoms. The molecule has 2 aliphatic rings. The zero-order valence-electron chi connectivity index (χ0n) is 12.6. The molecule has 1 aromatic rings. The minimum absolute atomic E-state index is 0.352. The van der Waals surface area contributed by atoms with Crippen LogP contribution in [0.25, 0.3) is 0 Å². The van der Waals surface area contributed by atoms with E-state index in [0.717, 1.165) is 32.4 Å². The second-order valence-electron chi connectivity index (χ2n) is 6.25.